The first-order valence-electron chi connectivity index (χ1n) is 12.3. The fraction of sp³-hybridized carbons (Fsp3) is 0.333. The molecule has 11 heteroatoms. The van der Waals surface area contributed by atoms with Crippen molar-refractivity contribution >= 4 is 38.2 Å². The summed E-state index contributed by atoms with van der Waals surface area (Å²) in [6.45, 7) is 8.97. The minimum Gasteiger partial charge on any atom is -0.497 e. The summed E-state index contributed by atoms with van der Waals surface area (Å²) in [6.07, 6.45) is 0. The molecule has 1 saturated heterocycles. The van der Waals surface area contributed by atoms with Gasteiger partial charge in [-0.25, -0.2) is 13.4 Å². The predicted octanol–water partition coefficient (Wildman–Crippen LogP) is 5.12. The summed E-state index contributed by atoms with van der Waals surface area (Å²) >= 11 is 6.15. The Morgan fingerprint density at radius 3 is 2.58 bits per heavy atom. The van der Waals surface area contributed by atoms with Crippen molar-refractivity contribution in [3.05, 3.63) is 59.2 Å². The van der Waals surface area contributed by atoms with Crippen LogP contribution in [0.1, 0.15) is 19.5 Å². The van der Waals surface area contributed by atoms with Gasteiger partial charge in [-0.1, -0.05) is 23.7 Å². The van der Waals surface area contributed by atoms with Crippen LogP contribution in [0.3, 0.4) is 0 Å². The lowest BCUT2D eigenvalue weighted by molar-refractivity contribution is 0.0369. The highest BCUT2D eigenvalue weighted by molar-refractivity contribution is 7.92. The van der Waals surface area contributed by atoms with Crippen molar-refractivity contribution in [3.8, 4) is 22.9 Å². The van der Waals surface area contributed by atoms with E-state index in [1.54, 1.807) is 30.3 Å². The SMILES string of the molecule is COc1ccc(Cl)c(S(=O)(=O)Nc2ccc(-c3cc4n[nH]c(C)c4c(OCC4CN(C(C)C)C4)n3)cc2)c1. The lowest BCUT2D eigenvalue weighted by Gasteiger charge is -2.41. The van der Waals surface area contributed by atoms with Gasteiger partial charge in [0.05, 0.1) is 35.3 Å². The molecule has 3 heterocycles. The van der Waals surface area contributed by atoms with E-state index in [1.807, 2.05) is 13.0 Å². The number of hydrogen-bond donors (Lipinski definition) is 2. The second-order valence-corrected chi connectivity index (χ2v) is 11.8. The normalized spacial score (nSPS) is 14.6. The maximum absolute atomic E-state index is 13.0. The van der Waals surface area contributed by atoms with Gasteiger partial charge < -0.3 is 14.4 Å². The molecule has 1 aliphatic rings. The third-order valence-electron chi connectivity index (χ3n) is 6.72. The van der Waals surface area contributed by atoms with Crippen molar-refractivity contribution in [1.82, 2.24) is 20.1 Å². The number of pyridine rings is 1. The Hall–Kier alpha value is -3.34. The van der Waals surface area contributed by atoms with Crippen LogP contribution in [0, 0.1) is 12.8 Å². The zero-order valence-electron chi connectivity index (χ0n) is 21.7. The predicted molar refractivity (Wildman–Crippen MR) is 149 cm³/mol. The number of methoxy groups -OCH3 is 1. The molecule has 0 saturated carbocycles. The van der Waals surface area contributed by atoms with E-state index in [4.69, 9.17) is 26.1 Å². The number of ether oxygens (including phenoxy) is 2. The smallest absolute Gasteiger partial charge is 0.263 e. The molecule has 0 spiro atoms. The molecule has 4 aromatic rings. The summed E-state index contributed by atoms with van der Waals surface area (Å²) in [5.41, 5.74) is 3.53. The number of rotatable bonds is 9. The molecule has 2 aromatic carbocycles. The van der Waals surface area contributed by atoms with Crippen LogP contribution < -0.4 is 14.2 Å². The number of H-pyrrole nitrogens is 1. The average Bonchev–Trinajstić information content (AvgIpc) is 3.24. The second-order valence-electron chi connectivity index (χ2n) is 9.76. The van der Waals surface area contributed by atoms with E-state index < -0.39 is 10.0 Å². The third kappa shape index (κ3) is 5.29. The topological polar surface area (TPSA) is 109 Å². The quantitative estimate of drug-likeness (QED) is 0.295. The van der Waals surface area contributed by atoms with Crippen LogP contribution in [0.4, 0.5) is 5.69 Å². The number of aromatic nitrogens is 3. The number of anilines is 1. The fourth-order valence-corrected chi connectivity index (χ4v) is 6.05. The van der Waals surface area contributed by atoms with Crippen LogP contribution in [0.15, 0.2) is 53.4 Å². The van der Waals surface area contributed by atoms with Crippen molar-refractivity contribution in [3.63, 3.8) is 0 Å². The first kappa shape index (κ1) is 26.3. The summed E-state index contributed by atoms with van der Waals surface area (Å²) in [5, 5.41) is 8.41. The molecule has 0 aliphatic carbocycles. The van der Waals surface area contributed by atoms with Gasteiger partial charge in [0.2, 0.25) is 5.88 Å². The fourth-order valence-electron chi connectivity index (χ4n) is 4.47. The van der Waals surface area contributed by atoms with E-state index in [0.717, 1.165) is 35.2 Å². The van der Waals surface area contributed by atoms with Gasteiger partial charge in [-0.3, -0.25) is 9.82 Å². The largest absolute Gasteiger partial charge is 0.497 e. The van der Waals surface area contributed by atoms with Crippen molar-refractivity contribution in [2.75, 3.05) is 31.5 Å². The average molecular weight is 556 g/mol. The maximum Gasteiger partial charge on any atom is 0.263 e. The number of aryl methyl sites for hydroxylation is 1. The molecule has 9 nitrogen and oxygen atoms in total. The van der Waals surface area contributed by atoms with Crippen molar-refractivity contribution < 1.29 is 17.9 Å². The summed E-state index contributed by atoms with van der Waals surface area (Å²) < 4.78 is 39.8. The highest BCUT2D eigenvalue weighted by Gasteiger charge is 2.29. The van der Waals surface area contributed by atoms with Crippen molar-refractivity contribution in [1.29, 1.82) is 0 Å². The molecule has 38 heavy (non-hydrogen) atoms. The number of nitrogens with zero attached hydrogens (tertiary/aromatic N) is 3. The van der Waals surface area contributed by atoms with E-state index in [1.165, 1.54) is 19.2 Å². The molecule has 0 unspecified atom stereocenters. The number of likely N-dealkylation sites (tertiary alicyclic amines) is 1. The molecule has 0 radical (unpaired) electrons. The monoisotopic (exact) mass is 555 g/mol. The highest BCUT2D eigenvalue weighted by Crippen LogP contribution is 2.32. The Morgan fingerprint density at radius 2 is 1.89 bits per heavy atom. The Morgan fingerprint density at radius 1 is 1.16 bits per heavy atom. The van der Waals surface area contributed by atoms with Crippen LogP contribution in [-0.2, 0) is 10.0 Å². The van der Waals surface area contributed by atoms with Crippen LogP contribution >= 0.6 is 11.6 Å². The van der Waals surface area contributed by atoms with Gasteiger partial charge in [0.15, 0.2) is 0 Å². The molecule has 5 rings (SSSR count). The van der Waals surface area contributed by atoms with Crippen molar-refractivity contribution in [2.24, 2.45) is 5.92 Å². The van der Waals surface area contributed by atoms with Crippen LogP contribution in [0.5, 0.6) is 11.6 Å². The highest BCUT2D eigenvalue weighted by atomic mass is 35.5. The van der Waals surface area contributed by atoms with Crippen LogP contribution in [0.25, 0.3) is 22.2 Å². The number of sulfonamides is 1. The summed E-state index contributed by atoms with van der Waals surface area (Å²) in [7, 11) is -2.46. The van der Waals surface area contributed by atoms with E-state index in [0.29, 0.717) is 41.6 Å². The van der Waals surface area contributed by atoms with Gasteiger partial charge in [0.1, 0.15) is 10.6 Å². The van der Waals surface area contributed by atoms with Crippen molar-refractivity contribution in [2.45, 2.75) is 31.7 Å². The number of benzene rings is 2. The number of nitrogens with one attached hydrogen (secondary N) is 2. The zero-order chi connectivity index (χ0) is 27.0. The molecule has 1 fully saturated rings. The number of fused-ring (bicyclic) bond motifs is 1. The molecule has 2 N–H and O–H groups in total. The van der Waals surface area contributed by atoms with Crippen LogP contribution in [-0.4, -0.2) is 61.3 Å². The van der Waals surface area contributed by atoms with Gasteiger partial charge in [-0.15, -0.1) is 0 Å². The van der Waals surface area contributed by atoms with E-state index >= 15 is 0 Å². The van der Waals surface area contributed by atoms with E-state index in [-0.39, 0.29) is 9.92 Å². The number of hydrogen-bond acceptors (Lipinski definition) is 7. The van der Waals surface area contributed by atoms with Gasteiger partial charge >= 0.3 is 0 Å². The van der Waals surface area contributed by atoms with Gasteiger partial charge in [0, 0.05) is 48.1 Å². The number of aromatic amines is 1. The molecule has 0 atom stereocenters. The third-order valence-corrected chi connectivity index (χ3v) is 8.58. The van der Waals surface area contributed by atoms with Crippen LogP contribution in [0.2, 0.25) is 5.02 Å². The molecule has 0 bridgehead atoms. The second kappa shape index (κ2) is 10.4. The lowest BCUT2D eigenvalue weighted by Crippen LogP contribution is -2.52. The standard InChI is InChI=1S/C27H30ClN5O4S/c1-16(2)33-13-18(14-33)15-37-27-26-17(3)30-31-24(26)12-23(29-27)19-5-7-20(8-6-19)32-38(34,35)25-11-21(36-4)9-10-22(25)28/h5-12,16,18,32H,13-15H2,1-4H3,(H,30,31). The molecule has 0 amide bonds. The molecule has 2 aromatic heterocycles. The van der Waals surface area contributed by atoms with E-state index in [9.17, 15) is 8.42 Å². The molecular weight excluding hydrogens is 526 g/mol. The minimum atomic E-state index is -3.92. The first-order chi connectivity index (χ1) is 18.1. The van der Waals surface area contributed by atoms with E-state index in [2.05, 4.69) is 33.7 Å². The number of halogens is 1. The minimum absolute atomic E-state index is 0.0617. The maximum atomic E-state index is 13.0. The summed E-state index contributed by atoms with van der Waals surface area (Å²) in [5.74, 6) is 1.41. The summed E-state index contributed by atoms with van der Waals surface area (Å²) in [4.78, 5) is 7.16. The molecule has 200 valence electrons. The van der Waals surface area contributed by atoms with Gasteiger partial charge in [-0.2, -0.15) is 5.10 Å². The summed E-state index contributed by atoms with van der Waals surface area (Å²) in [6, 6.07) is 13.9. The molecule has 1 aliphatic heterocycles. The Kier molecular flexibility index (Phi) is 7.21. The molecular formula is C27H30ClN5O4S. The Labute approximate surface area is 227 Å². The Bertz CT molecular complexity index is 1560. The zero-order valence-corrected chi connectivity index (χ0v) is 23.2. The van der Waals surface area contributed by atoms with Gasteiger partial charge in [-0.05, 0) is 51.1 Å². The lowest BCUT2D eigenvalue weighted by atomic mass is 9.99. The van der Waals surface area contributed by atoms with Gasteiger partial charge in [0.25, 0.3) is 10.0 Å². The first-order valence-corrected chi connectivity index (χ1v) is 14.2. The Balaban J connectivity index is 1.36.